The molecule has 8 nitrogen and oxygen atoms in total. The van der Waals surface area contributed by atoms with E-state index in [1.54, 1.807) is 17.6 Å². The molecule has 0 N–H and O–H groups in total. The van der Waals surface area contributed by atoms with Gasteiger partial charge in [-0.25, -0.2) is 13.4 Å². The van der Waals surface area contributed by atoms with Gasteiger partial charge in [0.05, 0.1) is 28.4 Å². The van der Waals surface area contributed by atoms with Gasteiger partial charge in [-0.05, 0) is 73.7 Å². The van der Waals surface area contributed by atoms with Crippen LogP contribution in [0.15, 0.2) is 70.0 Å². The van der Waals surface area contributed by atoms with Gasteiger partial charge in [-0.1, -0.05) is 23.8 Å². The van der Waals surface area contributed by atoms with Gasteiger partial charge < -0.3 is 4.74 Å². The largest absolute Gasteiger partial charge is 0.497 e. The standard InChI is InChI=1S/C26H26N4O4S3/c1-18-6-3-4-14-29(18)37(32,33)22-11-8-19(9-12-22)25(31)30(27-17-21-7-5-15-35-21)26-28-23-13-10-20(34-2)16-24(23)36-26/h5,7-13,15-18H,3-4,6,14H2,1-2H3/b27-17+. The predicted molar refractivity (Wildman–Crippen MR) is 149 cm³/mol. The van der Waals surface area contributed by atoms with Crippen LogP contribution >= 0.6 is 22.7 Å². The summed E-state index contributed by atoms with van der Waals surface area (Å²) in [6.45, 7) is 2.45. The molecule has 3 heterocycles. The lowest BCUT2D eigenvalue weighted by Crippen LogP contribution is -2.41. The Morgan fingerprint density at radius 1 is 1.19 bits per heavy atom. The molecule has 2 aromatic heterocycles. The lowest BCUT2D eigenvalue weighted by molar-refractivity contribution is 0.0987. The van der Waals surface area contributed by atoms with Crippen LogP contribution in [0.5, 0.6) is 5.75 Å². The van der Waals surface area contributed by atoms with Gasteiger partial charge in [-0.2, -0.15) is 14.4 Å². The van der Waals surface area contributed by atoms with E-state index in [4.69, 9.17) is 4.74 Å². The summed E-state index contributed by atoms with van der Waals surface area (Å²) >= 11 is 2.83. The summed E-state index contributed by atoms with van der Waals surface area (Å²) < 4.78 is 34.1. The Bertz CT molecular complexity index is 1530. The summed E-state index contributed by atoms with van der Waals surface area (Å²) in [5.74, 6) is 0.289. The number of piperidine rings is 1. The zero-order valence-electron chi connectivity index (χ0n) is 20.4. The molecular formula is C26H26N4O4S3. The van der Waals surface area contributed by atoms with Crippen molar-refractivity contribution >= 4 is 60.2 Å². The molecular weight excluding hydrogens is 529 g/mol. The number of thiophene rings is 1. The van der Waals surface area contributed by atoms with Gasteiger partial charge >= 0.3 is 0 Å². The number of carbonyl (C=O) groups is 1. The van der Waals surface area contributed by atoms with Gasteiger partial charge in [-0.3, -0.25) is 4.79 Å². The number of anilines is 1. The molecule has 4 aromatic rings. The minimum absolute atomic E-state index is 0.0419. The van der Waals surface area contributed by atoms with Crippen LogP contribution < -0.4 is 9.75 Å². The monoisotopic (exact) mass is 554 g/mol. The van der Waals surface area contributed by atoms with Crippen molar-refractivity contribution in [2.45, 2.75) is 37.1 Å². The molecule has 11 heteroatoms. The minimum atomic E-state index is -3.63. The number of thiazole rings is 1. The van der Waals surface area contributed by atoms with Crippen molar-refractivity contribution in [2.75, 3.05) is 18.7 Å². The number of rotatable bonds is 7. The van der Waals surface area contributed by atoms with Crippen LogP contribution in [0, 0.1) is 0 Å². The molecule has 5 rings (SSSR count). The summed E-state index contributed by atoms with van der Waals surface area (Å²) in [6.07, 6.45) is 4.35. The fourth-order valence-electron chi connectivity index (χ4n) is 4.23. The van der Waals surface area contributed by atoms with Crippen LogP contribution in [0.4, 0.5) is 5.13 Å². The lowest BCUT2D eigenvalue weighted by atomic mass is 10.1. The lowest BCUT2D eigenvalue weighted by Gasteiger charge is -2.32. The number of amides is 1. The maximum atomic E-state index is 13.6. The van der Waals surface area contributed by atoms with Gasteiger partial charge in [0.25, 0.3) is 5.91 Å². The van der Waals surface area contributed by atoms with Crippen molar-refractivity contribution in [3.05, 3.63) is 70.4 Å². The van der Waals surface area contributed by atoms with Crippen LogP contribution in [0.1, 0.15) is 41.4 Å². The van der Waals surface area contributed by atoms with E-state index in [-0.39, 0.29) is 10.9 Å². The van der Waals surface area contributed by atoms with Crippen molar-refractivity contribution < 1.29 is 17.9 Å². The van der Waals surface area contributed by atoms with Crippen molar-refractivity contribution in [3.63, 3.8) is 0 Å². The highest BCUT2D eigenvalue weighted by Crippen LogP contribution is 2.33. The maximum absolute atomic E-state index is 13.6. The normalized spacial score (nSPS) is 16.9. The third-order valence-electron chi connectivity index (χ3n) is 6.25. The highest BCUT2D eigenvalue weighted by molar-refractivity contribution is 7.89. The Labute approximate surface area is 223 Å². The van der Waals surface area contributed by atoms with Crippen LogP contribution in [-0.2, 0) is 10.0 Å². The molecule has 0 radical (unpaired) electrons. The first-order chi connectivity index (χ1) is 17.9. The first kappa shape index (κ1) is 25.5. The van der Waals surface area contributed by atoms with E-state index in [0.717, 1.165) is 34.4 Å². The summed E-state index contributed by atoms with van der Waals surface area (Å²) in [6, 6.07) is 15.3. The number of hydrogen-bond acceptors (Lipinski definition) is 8. The zero-order valence-corrected chi connectivity index (χ0v) is 22.9. The summed E-state index contributed by atoms with van der Waals surface area (Å²) in [4.78, 5) is 19.3. The van der Waals surface area contributed by atoms with Crippen molar-refractivity contribution in [1.29, 1.82) is 0 Å². The van der Waals surface area contributed by atoms with Crippen molar-refractivity contribution in [2.24, 2.45) is 5.10 Å². The molecule has 37 heavy (non-hydrogen) atoms. The molecule has 0 saturated carbocycles. The zero-order chi connectivity index (χ0) is 26.0. The van der Waals surface area contributed by atoms with Crippen LogP contribution in [0.2, 0.25) is 0 Å². The highest BCUT2D eigenvalue weighted by atomic mass is 32.2. The molecule has 1 aliphatic rings. The van der Waals surface area contributed by atoms with Gasteiger partial charge in [-0.15, -0.1) is 11.3 Å². The molecule has 2 aromatic carbocycles. The molecule has 0 bridgehead atoms. The molecule has 0 aliphatic carbocycles. The summed E-state index contributed by atoms with van der Waals surface area (Å²) in [5, 5.41) is 8.05. The van der Waals surface area contributed by atoms with E-state index in [1.807, 2.05) is 42.6 Å². The topological polar surface area (TPSA) is 92.2 Å². The minimum Gasteiger partial charge on any atom is -0.497 e. The Morgan fingerprint density at radius 3 is 2.70 bits per heavy atom. The first-order valence-electron chi connectivity index (χ1n) is 11.9. The molecule has 1 aliphatic heterocycles. The first-order valence-corrected chi connectivity index (χ1v) is 15.0. The molecule has 192 valence electrons. The maximum Gasteiger partial charge on any atom is 0.280 e. The molecule has 1 fully saturated rings. The second kappa shape index (κ2) is 10.7. The van der Waals surface area contributed by atoms with Gasteiger partial charge in [0.15, 0.2) is 0 Å². The van der Waals surface area contributed by atoms with Gasteiger partial charge in [0.1, 0.15) is 5.75 Å². The average molecular weight is 555 g/mol. The molecule has 0 spiro atoms. The number of sulfonamides is 1. The van der Waals surface area contributed by atoms with Gasteiger partial charge in [0.2, 0.25) is 15.2 Å². The fraction of sp³-hybridized carbons (Fsp3) is 0.269. The fourth-order valence-corrected chi connectivity index (χ4v) is 7.46. The van der Waals surface area contributed by atoms with Gasteiger partial charge in [0, 0.05) is 23.0 Å². The number of fused-ring (bicyclic) bond motifs is 1. The molecule has 1 amide bonds. The molecule has 1 unspecified atom stereocenters. The summed E-state index contributed by atoms with van der Waals surface area (Å²) in [7, 11) is -2.03. The van der Waals surface area contributed by atoms with Crippen LogP contribution in [0.3, 0.4) is 0 Å². The number of hydrazone groups is 1. The van der Waals surface area contributed by atoms with E-state index in [2.05, 4.69) is 10.1 Å². The number of carbonyl (C=O) groups excluding carboxylic acids is 1. The third-order valence-corrected chi connectivity index (χ3v) is 10.1. The van der Waals surface area contributed by atoms with E-state index in [0.29, 0.717) is 23.0 Å². The van der Waals surface area contributed by atoms with E-state index in [9.17, 15) is 13.2 Å². The Morgan fingerprint density at radius 2 is 2.00 bits per heavy atom. The number of aromatic nitrogens is 1. The smallest absolute Gasteiger partial charge is 0.280 e. The second-order valence-electron chi connectivity index (χ2n) is 8.69. The molecule has 1 atom stereocenters. The Hall–Kier alpha value is -3.12. The van der Waals surface area contributed by atoms with Crippen molar-refractivity contribution in [1.82, 2.24) is 9.29 Å². The number of nitrogens with zero attached hydrogens (tertiary/aromatic N) is 4. The molecule has 1 saturated heterocycles. The van der Waals surface area contributed by atoms with E-state index in [1.165, 1.54) is 51.9 Å². The van der Waals surface area contributed by atoms with E-state index < -0.39 is 15.9 Å². The van der Waals surface area contributed by atoms with Crippen molar-refractivity contribution in [3.8, 4) is 5.75 Å². The Balaban J connectivity index is 1.47. The SMILES string of the molecule is COc1ccc2nc(N(/N=C/c3cccs3)C(=O)c3ccc(S(=O)(=O)N4CCCCC4C)cc3)sc2c1. The predicted octanol–water partition coefficient (Wildman–Crippen LogP) is 5.61. The van der Waals surface area contributed by atoms with Crippen LogP contribution in [-0.4, -0.2) is 49.5 Å². The highest BCUT2D eigenvalue weighted by Gasteiger charge is 2.31. The number of hydrogen-bond donors (Lipinski definition) is 0. The number of methoxy groups -OCH3 is 1. The van der Waals surface area contributed by atoms with E-state index >= 15 is 0 Å². The second-order valence-corrected chi connectivity index (χ2v) is 12.6. The Kier molecular flexibility index (Phi) is 7.38. The number of benzene rings is 2. The average Bonchev–Trinajstić information content (AvgIpc) is 3.58. The van der Waals surface area contributed by atoms with Crippen LogP contribution in [0.25, 0.3) is 10.2 Å². The quantitative estimate of drug-likeness (QED) is 0.219. The summed E-state index contributed by atoms with van der Waals surface area (Å²) in [5.41, 5.74) is 1.04. The third kappa shape index (κ3) is 5.30. The number of ether oxygens (including phenoxy) is 1.